The molecular weight excluding hydrogens is 248 g/mol. The average molecular weight is 274 g/mol. The third kappa shape index (κ3) is 2.06. The van der Waals surface area contributed by atoms with Crippen molar-refractivity contribution >= 4 is 5.97 Å². The summed E-state index contributed by atoms with van der Waals surface area (Å²) in [5, 5.41) is 0. The highest BCUT2D eigenvalue weighted by molar-refractivity contribution is 5.80. The van der Waals surface area contributed by atoms with Gasteiger partial charge in [0.1, 0.15) is 5.76 Å². The van der Waals surface area contributed by atoms with Crippen LogP contribution in [0.25, 0.3) is 0 Å². The zero-order chi connectivity index (χ0) is 15.3. The van der Waals surface area contributed by atoms with E-state index in [4.69, 9.17) is 4.74 Å². The van der Waals surface area contributed by atoms with Crippen LogP contribution in [0.1, 0.15) is 41.0 Å². The van der Waals surface area contributed by atoms with E-state index in [1.807, 2.05) is 12.2 Å². The van der Waals surface area contributed by atoms with Crippen LogP contribution in [-0.4, -0.2) is 5.97 Å². The number of carbonyl (C=O) groups excluding carboxylic acids is 1. The summed E-state index contributed by atoms with van der Waals surface area (Å²) in [7, 11) is 0. The minimum atomic E-state index is -0.0952. The molecule has 1 saturated carbocycles. The molecule has 0 bridgehead atoms. The number of rotatable bonds is 4. The maximum absolute atomic E-state index is 12.4. The number of carbonyl (C=O) groups is 1. The maximum Gasteiger partial charge on any atom is 0.315 e. The van der Waals surface area contributed by atoms with Crippen molar-refractivity contribution in [3.63, 3.8) is 0 Å². The van der Waals surface area contributed by atoms with Crippen LogP contribution < -0.4 is 0 Å². The molecular formula is C18H26O2. The molecule has 0 saturated heterocycles. The Morgan fingerprint density at radius 3 is 2.40 bits per heavy atom. The molecule has 0 radical (unpaired) electrons. The first-order valence-electron chi connectivity index (χ1n) is 7.36. The Kier molecular flexibility index (Phi) is 3.48. The molecule has 0 aromatic carbocycles. The lowest BCUT2D eigenvalue weighted by Crippen LogP contribution is -2.18. The molecule has 2 aliphatic carbocycles. The van der Waals surface area contributed by atoms with E-state index < -0.39 is 0 Å². The Morgan fingerprint density at radius 2 is 1.95 bits per heavy atom. The van der Waals surface area contributed by atoms with Crippen molar-refractivity contribution in [2.24, 2.45) is 28.6 Å². The topological polar surface area (TPSA) is 26.3 Å². The van der Waals surface area contributed by atoms with E-state index in [0.29, 0.717) is 0 Å². The van der Waals surface area contributed by atoms with Gasteiger partial charge in [0.15, 0.2) is 0 Å². The van der Waals surface area contributed by atoms with Crippen LogP contribution in [0.4, 0.5) is 0 Å². The number of esters is 1. The molecule has 1 fully saturated rings. The van der Waals surface area contributed by atoms with Gasteiger partial charge in [0, 0.05) is 5.92 Å². The first-order valence-corrected chi connectivity index (χ1v) is 7.36. The molecule has 2 aliphatic rings. The van der Waals surface area contributed by atoms with Gasteiger partial charge in [-0.05, 0) is 29.2 Å². The van der Waals surface area contributed by atoms with Gasteiger partial charge in [0.2, 0.25) is 0 Å². The van der Waals surface area contributed by atoms with Crippen LogP contribution in [0.15, 0.2) is 36.6 Å². The number of allylic oxidation sites excluding steroid dienone is 3. The fourth-order valence-corrected chi connectivity index (χ4v) is 3.52. The van der Waals surface area contributed by atoms with Gasteiger partial charge in [0.25, 0.3) is 0 Å². The van der Waals surface area contributed by atoms with Gasteiger partial charge in [-0.2, -0.15) is 0 Å². The second-order valence-corrected chi connectivity index (χ2v) is 7.34. The van der Waals surface area contributed by atoms with Crippen LogP contribution in [0.2, 0.25) is 0 Å². The largest absolute Gasteiger partial charge is 0.430 e. The van der Waals surface area contributed by atoms with Crippen LogP contribution in [-0.2, 0) is 9.53 Å². The van der Waals surface area contributed by atoms with Crippen LogP contribution in [0.3, 0.4) is 0 Å². The fraction of sp³-hybridized carbons (Fsp3) is 0.611. The van der Waals surface area contributed by atoms with E-state index in [2.05, 4.69) is 47.8 Å². The van der Waals surface area contributed by atoms with E-state index in [-0.39, 0.29) is 34.6 Å². The van der Waals surface area contributed by atoms with E-state index >= 15 is 0 Å². The molecule has 2 rings (SSSR count). The molecule has 2 atom stereocenters. The van der Waals surface area contributed by atoms with Crippen molar-refractivity contribution in [2.45, 2.75) is 41.0 Å². The Balaban J connectivity index is 2.10. The summed E-state index contributed by atoms with van der Waals surface area (Å²) < 4.78 is 5.73. The summed E-state index contributed by atoms with van der Waals surface area (Å²) in [6, 6.07) is 0. The predicted octanol–water partition coefficient (Wildman–Crippen LogP) is 4.49. The van der Waals surface area contributed by atoms with E-state index in [9.17, 15) is 4.79 Å². The van der Waals surface area contributed by atoms with Crippen molar-refractivity contribution in [3.8, 4) is 0 Å². The molecule has 2 nitrogen and oxygen atoms in total. The standard InChI is InChI=1S/C18H26O2/c1-8-11(2)14-12(3)9-10-13(14)20-16(19)15-17(4,5)18(15,6)7/h8,10-11,14-15H,1,3,9H2,2,4-7H3. The molecule has 2 heteroatoms. The average Bonchev–Trinajstić information content (AvgIpc) is 2.61. The Labute approximate surface area is 122 Å². The summed E-state index contributed by atoms with van der Waals surface area (Å²) in [6.07, 6.45) is 4.68. The SMILES string of the molecule is C=CC(C)C1C(=C)CC=C1OC(=O)C1C(C)(C)C1(C)C. The molecule has 0 spiro atoms. The molecule has 0 amide bonds. The lowest BCUT2D eigenvalue weighted by Gasteiger charge is -2.20. The van der Waals surface area contributed by atoms with Crippen molar-refractivity contribution in [2.75, 3.05) is 0 Å². The van der Waals surface area contributed by atoms with Gasteiger partial charge < -0.3 is 4.74 Å². The number of hydrogen-bond donors (Lipinski definition) is 0. The molecule has 0 heterocycles. The zero-order valence-corrected chi connectivity index (χ0v) is 13.3. The first kappa shape index (κ1) is 15.1. The Bertz CT molecular complexity index is 480. The lowest BCUT2D eigenvalue weighted by molar-refractivity contribution is -0.143. The summed E-state index contributed by atoms with van der Waals surface area (Å²) in [5.74, 6) is 0.989. The Morgan fingerprint density at radius 1 is 1.40 bits per heavy atom. The summed E-state index contributed by atoms with van der Waals surface area (Å²) in [5.41, 5.74) is 1.13. The van der Waals surface area contributed by atoms with Crippen LogP contribution >= 0.6 is 0 Å². The third-order valence-electron chi connectivity index (χ3n) is 5.68. The van der Waals surface area contributed by atoms with Crippen molar-refractivity contribution < 1.29 is 9.53 Å². The lowest BCUT2D eigenvalue weighted by atomic mass is 9.89. The van der Waals surface area contributed by atoms with Crippen molar-refractivity contribution in [3.05, 3.63) is 36.6 Å². The minimum absolute atomic E-state index is 0.0137. The monoisotopic (exact) mass is 274 g/mol. The van der Waals surface area contributed by atoms with E-state index in [0.717, 1.165) is 17.8 Å². The highest BCUT2D eigenvalue weighted by Crippen LogP contribution is 2.68. The van der Waals surface area contributed by atoms with Gasteiger partial charge in [-0.1, -0.05) is 52.8 Å². The maximum atomic E-state index is 12.4. The Hall–Kier alpha value is -1.31. The molecule has 2 unspecified atom stereocenters. The number of ether oxygens (including phenoxy) is 1. The summed E-state index contributed by atoms with van der Waals surface area (Å²) in [6.45, 7) is 18.5. The summed E-state index contributed by atoms with van der Waals surface area (Å²) >= 11 is 0. The van der Waals surface area contributed by atoms with Gasteiger partial charge in [-0.15, -0.1) is 6.58 Å². The van der Waals surface area contributed by atoms with Crippen LogP contribution in [0.5, 0.6) is 0 Å². The minimum Gasteiger partial charge on any atom is -0.430 e. The van der Waals surface area contributed by atoms with Crippen molar-refractivity contribution in [1.82, 2.24) is 0 Å². The second kappa shape index (κ2) is 4.61. The second-order valence-electron chi connectivity index (χ2n) is 7.34. The van der Waals surface area contributed by atoms with E-state index in [1.54, 1.807) is 0 Å². The smallest absolute Gasteiger partial charge is 0.315 e. The van der Waals surface area contributed by atoms with Gasteiger partial charge in [0.05, 0.1) is 5.92 Å². The quantitative estimate of drug-likeness (QED) is 0.557. The molecule has 20 heavy (non-hydrogen) atoms. The zero-order valence-electron chi connectivity index (χ0n) is 13.3. The van der Waals surface area contributed by atoms with Gasteiger partial charge in [-0.3, -0.25) is 4.79 Å². The number of hydrogen-bond acceptors (Lipinski definition) is 2. The first-order chi connectivity index (χ1) is 9.14. The third-order valence-corrected chi connectivity index (χ3v) is 5.68. The van der Waals surface area contributed by atoms with Gasteiger partial charge in [-0.25, -0.2) is 0 Å². The highest BCUT2D eigenvalue weighted by atomic mass is 16.5. The van der Waals surface area contributed by atoms with Crippen LogP contribution in [0, 0.1) is 28.6 Å². The van der Waals surface area contributed by atoms with Crippen molar-refractivity contribution in [1.29, 1.82) is 0 Å². The molecule has 110 valence electrons. The highest BCUT2D eigenvalue weighted by Gasteiger charge is 2.69. The molecule has 0 aromatic heterocycles. The molecule has 0 aromatic rings. The summed E-state index contributed by atoms with van der Waals surface area (Å²) in [4.78, 5) is 12.4. The van der Waals surface area contributed by atoms with Gasteiger partial charge >= 0.3 is 5.97 Å². The molecule has 0 N–H and O–H groups in total. The fourth-order valence-electron chi connectivity index (χ4n) is 3.52. The predicted molar refractivity (Wildman–Crippen MR) is 81.8 cm³/mol. The normalized spacial score (nSPS) is 28.8. The van der Waals surface area contributed by atoms with E-state index in [1.165, 1.54) is 0 Å². The molecule has 0 aliphatic heterocycles.